The fourth-order valence-electron chi connectivity index (χ4n) is 4.80. The van der Waals surface area contributed by atoms with E-state index in [1.54, 1.807) is 4.90 Å². The largest absolute Gasteiger partial charge is 0.378 e. The van der Waals surface area contributed by atoms with E-state index in [-0.39, 0.29) is 17.9 Å². The molecular weight excluding hydrogens is 366 g/mol. The fourth-order valence-corrected chi connectivity index (χ4v) is 4.80. The van der Waals surface area contributed by atoms with Gasteiger partial charge in [0.2, 0.25) is 11.8 Å². The summed E-state index contributed by atoms with van der Waals surface area (Å²) in [5.41, 5.74) is 2.18. The molecule has 4 rings (SSSR count). The number of hydrogen-bond donors (Lipinski definition) is 1. The van der Waals surface area contributed by atoms with Crippen molar-refractivity contribution in [3.8, 4) is 0 Å². The Hall–Kier alpha value is -2.08. The first-order valence-corrected chi connectivity index (χ1v) is 11.2. The molecule has 2 aliphatic heterocycles. The molecule has 6 nitrogen and oxygen atoms in total. The molecule has 2 amide bonds. The third-order valence-corrected chi connectivity index (χ3v) is 6.50. The van der Waals surface area contributed by atoms with Gasteiger partial charge in [-0.1, -0.05) is 31.4 Å². The van der Waals surface area contributed by atoms with Gasteiger partial charge in [0, 0.05) is 31.4 Å². The molecule has 1 aromatic carbocycles. The summed E-state index contributed by atoms with van der Waals surface area (Å²) in [7, 11) is 0. The molecule has 0 aromatic heterocycles. The monoisotopic (exact) mass is 399 g/mol. The molecule has 0 radical (unpaired) electrons. The average molecular weight is 400 g/mol. The zero-order valence-corrected chi connectivity index (χ0v) is 17.3. The Labute approximate surface area is 173 Å². The smallest absolute Gasteiger partial charge is 0.243 e. The number of hydrogen-bond acceptors (Lipinski definition) is 4. The van der Waals surface area contributed by atoms with Crippen LogP contribution >= 0.6 is 0 Å². The molecule has 0 spiro atoms. The van der Waals surface area contributed by atoms with E-state index < -0.39 is 0 Å². The minimum absolute atomic E-state index is 0.0467. The Morgan fingerprint density at radius 2 is 1.66 bits per heavy atom. The van der Waals surface area contributed by atoms with Gasteiger partial charge in [0.05, 0.1) is 19.6 Å². The van der Waals surface area contributed by atoms with Crippen molar-refractivity contribution in [2.45, 2.75) is 63.5 Å². The summed E-state index contributed by atoms with van der Waals surface area (Å²) in [6.45, 7) is 4.03. The minimum atomic E-state index is -0.294. The van der Waals surface area contributed by atoms with E-state index >= 15 is 0 Å². The predicted octanol–water partition coefficient (Wildman–Crippen LogP) is 2.51. The van der Waals surface area contributed by atoms with Crippen LogP contribution in [0.5, 0.6) is 0 Å². The van der Waals surface area contributed by atoms with Gasteiger partial charge in [-0.05, 0) is 43.4 Å². The first-order chi connectivity index (χ1) is 14.2. The molecular formula is C23H33N3O3. The summed E-state index contributed by atoms with van der Waals surface area (Å²) in [5.74, 6) is 0.107. The van der Waals surface area contributed by atoms with Crippen molar-refractivity contribution < 1.29 is 14.3 Å². The second-order valence-corrected chi connectivity index (χ2v) is 8.53. The van der Waals surface area contributed by atoms with Crippen molar-refractivity contribution in [2.75, 3.05) is 37.7 Å². The lowest BCUT2D eigenvalue weighted by Crippen LogP contribution is -2.49. The summed E-state index contributed by atoms with van der Waals surface area (Å²) in [6, 6.07) is 8.25. The lowest BCUT2D eigenvalue weighted by Gasteiger charge is -2.29. The topological polar surface area (TPSA) is 61.9 Å². The summed E-state index contributed by atoms with van der Waals surface area (Å²) in [4.78, 5) is 29.8. The number of amides is 2. The van der Waals surface area contributed by atoms with Crippen molar-refractivity contribution in [1.82, 2.24) is 10.2 Å². The highest BCUT2D eigenvalue weighted by molar-refractivity contribution is 5.89. The molecule has 1 saturated carbocycles. The Balaban J connectivity index is 1.32. The van der Waals surface area contributed by atoms with E-state index in [2.05, 4.69) is 22.3 Å². The molecule has 1 aromatic rings. The molecule has 3 fully saturated rings. The SMILES string of the molecule is O=C(NC1CCCCC1)C1CCCN1C(=O)Cc1ccc(N2CCOCC2)cc1. The van der Waals surface area contributed by atoms with Gasteiger partial charge >= 0.3 is 0 Å². The molecule has 2 saturated heterocycles. The molecule has 3 aliphatic rings. The van der Waals surface area contributed by atoms with Gasteiger partial charge in [0.15, 0.2) is 0 Å². The van der Waals surface area contributed by atoms with Crippen molar-refractivity contribution >= 4 is 17.5 Å². The van der Waals surface area contributed by atoms with Crippen LogP contribution in [0.25, 0.3) is 0 Å². The van der Waals surface area contributed by atoms with Crippen LogP contribution in [0.4, 0.5) is 5.69 Å². The molecule has 1 unspecified atom stereocenters. The van der Waals surface area contributed by atoms with E-state index in [1.807, 2.05) is 12.1 Å². The molecule has 0 bridgehead atoms. The van der Waals surface area contributed by atoms with Crippen LogP contribution in [0.2, 0.25) is 0 Å². The van der Waals surface area contributed by atoms with Crippen molar-refractivity contribution in [2.24, 2.45) is 0 Å². The predicted molar refractivity (Wildman–Crippen MR) is 113 cm³/mol. The number of nitrogens with one attached hydrogen (secondary N) is 1. The van der Waals surface area contributed by atoms with Crippen LogP contribution in [0.3, 0.4) is 0 Å². The van der Waals surface area contributed by atoms with E-state index in [1.165, 1.54) is 24.9 Å². The van der Waals surface area contributed by atoms with Crippen molar-refractivity contribution in [3.05, 3.63) is 29.8 Å². The first kappa shape index (κ1) is 20.2. The Morgan fingerprint density at radius 1 is 0.931 bits per heavy atom. The number of benzene rings is 1. The minimum Gasteiger partial charge on any atom is -0.378 e. The van der Waals surface area contributed by atoms with Crippen molar-refractivity contribution in [1.29, 1.82) is 0 Å². The third kappa shape index (κ3) is 5.10. The third-order valence-electron chi connectivity index (χ3n) is 6.50. The Kier molecular flexibility index (Phi) is 6.70. The number of ether oxygens (including phenoxy) is 1. The van der Waals surface area contributed by atoms with Gasteiger partial charge in [-0.3, -0.25) is 9.59 Å². The van der Waals surface area contributed by atoms with E-state index in [0.29, 0.717) is 19.0 Å². The highest BCUT2D eigenvalue weighted by Crippen LogP contribution is 2.23. The van der Waals surface area contributed by atoms with E-state index in [0.717, 1.165) is 57.6 Å². The second kappa shape index (κ2) is 9.61. The quantitative estimate of drug-likeness (QED) is 0.826. The average Bonchev–Trinajstić information content (AvgIpc) is 3.26. The molecule has 6 heteroatoms. The summed E-state index contributed by atoms with van der Waals surface area (Å²) in [5, 5.41) is 3.20. The lowest BCUT2D eigenvalue weighted by atomic mass is 9.95. The van der Waals surface area contributed by atoms with Gasteiger partial charge in [-0.25, -0.2) is 0 Å². The Bertz CT molecular complexity index is 694. The highest BCUT2D eigenvalue weighted by atomic mass is 16.5. The van der Waals surface area contributed by atoms with Gasteiger partial charge in [-0.2, -0.15) is 0 Å². The van der Waals surface area contributed by atoms with Gasteiger partial charge in [0.1, 0.15) is 6.04 Å². The maximum Gasteiger partial charge on any atom is 0.243 e. The summed E-state index contributed by atoms with van der Waals surface area (Å²) >= 11 is 0. The second-order valence-electron chi connectivity index (χ2n) is 8.53. The van der Waals surface area contributed by atoms with Gasteiger partial charge < -0.3 is 19.9 Å². The zero-order chi connectivity index (χ0) is 20.1. The molecule has 1 N–H and O–H groups in total. The van der Waals surface area contributed by atoms with E-state index in [4.69, 9.17) is 4.74 Å². The van der Waals surface area contributed by atoms with Gasteiger partial charge in [-0.15, -0.1) is 0 Å². The van der Waals surface area contributed by atoms with Crippen molar-refractivity contribution in [3.63, 3.8) is 0 Å². The van der Waals surface area contributed by atoms with Crippen LogP contribution in [0.1, 0.15) is 50.5 Å². The number of anilines is 1. The van der Waals surface area contributed by atoms with Crippen LogP contribution in [-0.4, -0.2) is 61.6 Å². The summed E-state index contributed by atoms with van der Waals surface area (Å²) in [6.07, 6.45) is 7.84. The van der Waals surface area contributed by atoms with E-state index in [9.17, 15) is 9.59 Å². The molecule has 158 valence electrons. The zero-order valence-electron chi connectivity index (χ0n) is 17.3. The number of likely N-dealkylation sites (tertiary alicyclic amines) is 1. The lowest BCUT2D eigenvalue weighted by molar-refractivity contribution is -0.138. The molecule has 1 atom stereocenters. The van der Waals surface area contributed by atoms with Crippen LogP contribution in [0, 0.1) is 0 Å². The maximum absolute atomic E-state index is 12.9. The van der Waals surface area contributed by atoms with Crippen LogP contribution < -0.4 is 10.2 Å². The van der Waals surface area contributed by atoms with Crippen LogP contribution in [-0.2, 0) is 20.7 Å². The molecule has 1 aliphatic carbocycles. The highest BCUT2D eigenvalue weighted by Gasteiger charge is 2.34. The first-order valence-electron chi connectivity index (χ1n) is 11.2. The number of carbonyl (C=O) groups excluding carboxylic acids is 2. The summed E-state index contributed by atoms with van der Waals surface area (Å²) < 4.78 is 5.41. The number of carbonyl (C=O) groups is 2. The molecule has 2 heterocycles. The number of rotatable bonds is 5. The van der Waals surface area contributed by atoms with Crippen LogP contribution in [0.15, 0.2) is 24.3 Å². The number of nitrogens with zero attached hydrogens (tertiary/aromatic N) is 2. The normalized spacial score (nSPS) is 23.2. The molecule has 29 heavy (non-hydrogen) atoms. The number of morpholine rings is 1. The standard InChI is InChI=1S/C23H33N3O3/c27-22(17-18-8-10-20(11-9-18)25-13-15-29-16-14-25)26-12-4-7-21(26)23(28)24-19-5-2-1-3-6-19/h8-11,19,21H,1-7,12-17H2,(H,24,28). The van der Waals surface area contributed by atoms with Gasteiger partial charge in [0.25, 0.3) is 0 Å². The fraction of sp³-hybridized carbons (Fsp3) is 0.652. The Morgan fingerprint density at radius 3 is 2.38 bits per heavy atom. The maximum atomic E-state index is 12.9.